The van der Waals surface area contributed by atoms with Crippen LogP contribution in [-0.4, -0.2) is 33.4 Å². The summed E-state index contributed by atoms with van der Waals surface area (Å²) in [5.41, 5.74) is 1.44. The fourth-order valence-corrected chi connectivity index (χ4v) is 2.80. The summed E-state index contributed by atoms with van der Waals surface area (Å²) in [7, 11) is 0. The fraction of sp³-hybridized carbons (Fsp3) is 0.250. The van der Waals surface area contributed by atoms with Gasteiger partial charge in [0.15, 0.2) is 0 Å². The number of ether oxygens (including phenoxy) is 2. The molecule has 0 unspecified atom stereocenters. The van der Waals surface area contributed by atoms with Gasteiger partial charge in [0.1, 0.15) is 30.5 Å². The molecule has 0 atom stereocenters. The molecule has 3 aromatic rings. The first-order valence-corrected chi connectivity index (χ1v) is 8.56. The molecule has 3 rings (SSSR count). The van der Waals surface area contributed by atoms with Gasteiger partial charge in [-0.3, -0.25) is 9.20 Å². The zero-order valence-corrected chi connectivity index (χ0v) is 15.5. The molecular formula is C20H19F2N3O3. The average molecular weight is 387 g/mol. The number of benzene rings is 1. The van der Waals surface area contributed by atoms with Crippen LogP contribution in [-0.2, 0) is 11.3 Å². The first kappa shape index (κ1) is 19.6. The molecule has 0 radical (unpaired) electrons. The van der Waals surface area contributed by atoms with Crippen molar-refractivity contribution in [3.8, 4) is 5.88 Å². The second-order valence-corrected chi connectivity index (χ2v) is 6.14. The normalized spacial score (nSPS) is 11.0. The average Bonchev–Trinajstić information content (AvgIpc) is 2.97. The molecule has 0 fully saturated rings. The number of nitrogens with zero attached hydrogens (tertiary/aromatic N) is 3. The van der Waals surface area contributed by atoms with Gasteiger partial charge in [0.05, 0.1) is 23.6 Å². The minimum Gasteiger partial charge on any atom is -0.470 e. The number of carbonyl (C=O) groups is 1. The number of ketones is 1. The van der Waals surface area contributed by atoms with E-state index < -0.39 is 11.6 Å². The number of carbonyl (C=O) groups excluding carboxylic acids is 1. The Morgan fingerprint density at radius 2 is 1.96 bits per heavy atom. The Kier molecular flexibility index (Phi) is 5.79. The second-order valence-electron chi connectivity index (χ2n) is 6.14. The SMILES string of the molecule is C=CCOCC(=O)c1c(C)nc2c(OCc3c(F)cccc3F)nc(C)cn12. The van der Waals surface area contributed by atoms with Crippen molar-refractivity contribution >= 4 is 11.4 Å². The largest absolute Gasteiger partial charge is 0.470 e. The molecule has 146 valence electrons. The molecule has 8 heteroatoms. The van der Waals surface area contributed by atoms with E-state index in [2.05, 4.69) is 16.5 Å². The topological polar surface area (TPSA) is 65.7 Å². The Balaban J connectivity index is 1.95. The molecule has 0 bridgehead atoms. The lowest BCUT2D eigenvalue weighted by atomic mass is 10.2. The van der Waals surface area contributed by atoms with Gasteiger partial charge in [0, 0.05) is 6.20 Å². The maximum atomic E-state index is 13.8. The van der Waals surface area contributed by atoms with Gasteiger partial charge in [-0.15, -0.1) is 6.58 Å². The van der Waals surface area contributed by atoms with Gasteiger partial charge in [-0.25, -0.2) is 18.7 Å². The molecule has 0 aliphatic heterocycles. The van der Waals surface area contributed by atoms with E-state index in [1.165, 1.54) is 6.07 Å². The molecule has 0 aliphatic carbocycles. The lowest BCUT2D eigenvalue weighted by Gasteiger charge is -2.10. The van der Waals surface area contributed by atoms with E-state index >= 15 is 0 Å². The van der Waals surface area contributed by atoms with Gasteiger partial charge in [0.25, 0.3) is 5.88 Å². The van der Waals surface area contributed by atoms with Crippen molar-refractivity contribution in [2.24, 2.45) is 0 Å². The summed E-state index contributed by atoms with van der Waals surface area (Å²) >= 11 is 0. The van der Waals surface area contributed by atoms with E-state index in [4.69, 9.17) is 9.47 Å². The first-order chi connectivity index (χ1) is 13.4. The molecule has 6 nitrogen and oxygen atoms in total. The highest BCUT2D eigenvalue weighted by Crippen LogP contribution is 2.23. The van der Waals surface area contributed by atoms with Crippen molar-refractivity contribution in [3.05, 3.63) is 71.3 Å². The van der Waals surface area contributed by atoms with E-state index in [9.17, 15) is 13.6 Å². The van der Waals surface area contributed by atoms with Gasteiger partial charge in [-0.05, 0) is 26.0 Å². The van der Waals surface area contributed by atoms with E-state index in [-0.39, 0.29) is 42.7 Å². The number of imidazole rings is 1. The third-order valence-corrected chi connectivity index (χ3v) is 4.02. The Bertz CT molecular complexity index is 1030. The fourth-order valence-electron chi connectivity index (χ4n) is 2.80. The summed E-state index contributed by atoms with van der Waals surface area (Å²) in [4.78, 5) is 21.1. The molecule has 0 spiro atoms. The number of hydrogen-bond donors (Lipinski definition) is 0. The molecule has 0 aliphatic rings. The highest BCUT2D eigenvalue weighted by atomic mass is 19.1. The van der Waals surface area contributed by atoms with E-state index in [1.807, 2.05) is 0 Å². The second kappa shape index (κ2) is 8.26. The molecule has 0 amide bonds. The van der Waals surface area contributed by atoms with E-state index in [0.29, 0.717) is 17.1 Å². The van der Waals surface area contributed by atoms with Crippen LogP contribution in [0.15, 0.2) is 37.1 Å². The summed E-state index contributed by atoms with van der Waals surface area (Å²) in [5.74, 6) is -1.60. The standard InChI is InChI=1S/C20H19F2N3O3/c1-4-8-27-11-17(26)18-13(3)24-19-20(23-12(2)9-25(18)19)28-10-14-15(21)6-5-7-16(14)22/h4-7,9H,1,8,10-11H2,2-3H3. The molecule has 2 aromatic heterocycles. The maximum Gasteiger partial charge on any atom is 0.258 e. The van der Waals surface area contributed by atoms with Crippen LogP contribution in [0.25, 0.3) is 5.65 Å². The third-order valence-electron chi connectivity index (χ3n) is 4.02. The van der Waals surface area contributed by atoms with Gasteiger partial charge < -0.3 is 9.47 Å². The summed E-state index contributed by atoms with van der Waals surface area (Å²) in [6.45, 7) is 6.71. The quantitative estimate of drug-likeness (QED) is 0.336. The Labute approximate surface area is 160 Å². The predicted molar refractivity (Wildman–Crippen MR) is 98.5 cm³/mol. The van der Waals surface area contributed by atoms with Gasteiger partial charge in [-0.1, -0.05) is 12.1 Å². The zero-order valence-electron chi connectivity index (χ0n) is 15.5. The first-order valence-electron chi connectivity index (χ1n) is 8.56. The smallest absolute Gasteiger partial charge is 0.258 e. The highest BCUT2D eigenvalue weighted by Gasteiger charge is 2.21. The number of halogens is 2. The van der Waals surface area contributed by atoms with Crippen LogP contribution in [0.2, 0.25) is 0 Å². The Morgan fingerprint density at radius 3 is 2.64 bits per heavy atom. The van der Waals surface area contributed by atoms with Crippen molar-refractivity contribution in [2.45, 2.75) is 20.5 Å². The number of rotatable bonds is 8. The number of fused-ring (bicyclic) bond motifs is 1. The molecule has 0 N–H and O–H groups in total. The van der Waals surface area contributed by atoms with Gasteiger partial charge in [-0.2, -0.15) is 0 Å². The number of aryl methyl sites for hydroxylation is 2. The molecule has 1 aromatic carbocycles. The predicted octanol–water partition coefficient (Wildman–Crippen LogP) is 3.59. The van der Waals surface area contributed by atoms with Crippen LogP contribution < -0.4 is 4.74 Å². The monoisotopic (exact) mass is 387 g/mol. The Morgan fingerprint density at radius 1 is 1.25 bits per heavy atom. The number of aromatic nitrogens is 3. The minimum atomic E-state index is -0.710. The Hall–Kier alpha value is -3.13. The van der Waals surface area contributed by atoms with Gasteiger partial charge in [0.2, 0.25) is 11.4 Å². The van der Waals surface area contributed by atoms with Crippen molar-refractivity contribution < 1.29 is 23.0 Å². The van der Waals surface area contributed by atoms with Crippen molar-refractivity contribution in [3.63, 3.8) is 0 Å². The molecular weight excluding hydrogens is 368 g/mol. The summed E-state index contributed by atoms with van der Waals surface area (Å²) in [6, 6.07) is 3.59. The lowest BCUT2D eigenvalue weighted by Crippen LogP contribution is -2.13. The molecule has 28 heavy (non-hydrogen) atoms. The van der Waals surface area contributed by atoms with Crippen LogP contribution in [0.1, 0.15) is 27.4 Å². The number of hydrogen-bond acceptors (Lipinski definition) is 5. The number of Topliss-reactive ketones (excluding diaryl/α,β-unsaturated/α-hetero) is 1. The maximum absolute atomic E-state index is 13.8. The lowest BCUT2D eigenvalue weighted by molar-refractivity contribution is 0.0799. The summed E-state index contributed by atoms with van der Waals surface area (Å²) in [6.07, 6.45) is 3.20. The van der Waals surface area contributed by atoms with Crippen LogP contribution >= 0.6 is 0 Å². The van der Waals surface area contributed by atoms with E-state index in [0.717, 1.165) is 12.1 Å². The molecule has 0 saturated heterocycles. The summed E-state index contributed by atoms with van der Waals surface area (Å²) in [5, 5.41) is 0. The van der Waals surface area contributed by atoms with Crippen LogP contribution in [0.5, 0.6) is 5.88 Å². The van der Waals surface area contributed by atoms with Crippen molar-refractivity contribution in [2.75, 3.05) is 13.2 Å². The zero-order chi connectivity index (χ0) is 20.3. The van der Waals surface area contributed by atoms with Crippen LogP contribution in [0, 0.1) is 25.5 Å². The molecule has 2 heterocycles. The van der Waals surface area contributed by atoms with Crippen LogP contribution in [0.3, 0.4) is 0 Å². The van der Waals surface area contributed by atoms with Crippen molar-refractivity contribution in [1.82, 2.24) is 14.4 Å². The van der Waals surface area contributed by atoms with Crippen molar-refractivity contribution in [1.29, 1.82) is 0 Å². The minimum absolute atomic E-state index is 0.0804. The van der Waals surface area contributed by atoms with E-state index in [1.54, 1.807) is 30.5 Å². The van der Waals surface area contributed by atoms with Gasteiger partial charge >= 0.3 is 0 Å². The molecule has 0 saturated carbocycles. The van der Waals surface area contributed by atoms with Crippen LogP contribution in [0.4, 0.5) is 8.78 Å². The third kappa shape index (κ3) is 3.91. The summed E-state index contributed by atoms with van der Waals surface area (Å²) < 4.78 is 40.0. The highest BCUT2D eigenvalue weighted by molar-refractivity contribution is 5.97.